The smallest absolute Gasteiger partial charge is 0.327 e. The number of nitrogens with one attached hydrogen (secondary N) is 1. The van der Waals surface area contributed by atoms with E-state index in [0.717, 1.165) is 5.69 Å². The highest BCUT2D eigenvalue weighted by molar-refractivity contribution is 7.14. The van der Waals surface area contributed by atoms with E-state index in [4.69, 9.17) is 0 Å². The molecule has 0 saturated heterocycles. The Morgan fingerprint density at radius 2 is 2.06 bits per heavy atom. The third-order valence-electron chi connectivity index (χ3n) is 2.60. The minimum Gasteiger partial charge on any atom is -0.467 e. The molecule has 0 radical (unpaired) electrons. The van der Waals surface area contributed by atoms with E-state index >= 15 is 0 Å². The zero-order chi connectivity index (χ0) is 13.0. The zero-order valence-electron chi connectivity index (χ0n) is 10.3. The molecule has 2 rings (SSSR count). The number of hydrogen-bond acceptors (Lipinski definition) is 4. The highest BCUT2D eigenvalue weighted by Gasteiger charge is 2.13. The molecule has 1 aromatic heterocycles. The van der Waals surface area contributed by atoms with Gasteiger partial charge in [0.2, 0.25) is 0 Å². The fourth-order valence-electron chi connectivity index (χ4n) is 1.65. The summed E-state index contributed by atoms with van der Waals surface area (Å²) in [5, 5.41) is 5.12. The number of methoxy groups -OCH3 is 1. The lowest BCUT2D eigenvalue weighted by Gasteiger charge is -2.10. The molecule has 1 heterocycles. The van der Waals surface area contributed by atoms with Crippen molar-refractivity contribution in [3.05, 3.63) is 41.8 Å². The van der Waals surface area contributed by atoms with Crippen molar-refractivity contribution < 1.29 is 9.53 Å². The fourth-order valence-corrected chi connectivity index (χ4v) is 2.51. The first kappa shape index (κ1) is 12.6. The number of thiophene rings is 1. The number of anilines is 1. The molecule has 0 spiro atoms. The van der Waals surface area contributed by atoms with Crippen LogP contribution in [0.5, 0.6) is 0 Å². The van der Waals surface area contributed by atoms with Gasteiger partial charge in [0.05, 0.1) is 7.11 Å². The van der Waals surface area contributed by atoms with Gasteiger partial charge in [-0.3, -0.25) is 0 Å². The Morgan fingerprint density at radius 3 is 2.72 bits per heavy atom. The first-order valence-corrected chi connectivity index (χ1v) is 6.57. The van der Waals surface area contributed by atoms with E-state index in [1.165, 1.54) is 17.6 Å². The fraction of sp³-hybridized carbons (Fsp3) is 0.214. The molecule has 1 N–H and O–H groups in total. The number of hydrogen-bond donors (Lipinski definition) is 1. The molecule has 1 aromatic carbocycles. The molecular formula is C14H15NO2S. The second kappa shape index (κ2) is 5.69. The van der Waals surface area contributed by atoms with Crippen LogP contribution in [0.15, 0.2) is 41.8 Å². The van der Waals surface area contributed by atoms with Crippen LogP contribution in [0.4, 0.5) is 5.69 Å². The minimum absolute atomic E-state index is 0.262. The summed E-state index contributed by atoms with van der Waals surface area (Å²) in [6.45, 7) is 1.78. The number of benzene rings is 1. The van der Waals surface area contributed by atoms with Gasteiger partial charge in [-0.05, 0) is 18.6 Å². The van der Waals surface area contributed by atoms with E-state index in [2.05, 4.69) is 22.2 Å². The van der Waals surface area contributed by atoms with Gasteiger partial charge in [-0.15, -0.1) is 11.3 Å². The van der Waals surface area contributed by atoms with Crippen LogP contribution in [-0.2, 0) is 9.53 Å². The molecular weight excluding hydrogens is 246 g/mol. The molecule has 4 heteroatoms. The van der Waals surface area contributed by atoms with Crippen LogP contribution >= 0.6 is 11.3 Å². The van der Waals surface area contributed by atoms with Crippen molar-refractivity contribution in [1.82, 2.24) is 0 Å². The van der Waals surface area contributed by atoms with Crippen molar-refractivity contribution in [2.75, 3.05) is 12.4 Å². The first-order valence-electron chi connectivity index (χ1n) is 5.69. The highest BCUT2D eigenvalue weighted by Crippen LogP contribution is 2.29. The van der Waals surface area contributed by atoms with Crippen LogP contribution in [0.25, 0.3) is 10.4 Å². The standard InChI is InChI=1S/C14H15NO2S/c1-10(14(16)17-2)15-12-8-13(18-9-12)11-6-4-3-5-7-11/h3-10,15H,1-2H3. The lowest BCUT2D eigenvalue weighted by atomic mass is 10.2. The quantitative estimate of drug-likeness (QED) is 0.857. The maximum atomic E-state index is 11.3. The lowest BCUT2D eigenvalue weighted by Crippen LogP contribution is -2.26. The Hall–Kier alpha value is -1.81. The highest BCUT2D eigenvalue weighted by atomic mass is 32.1. The molecule has 0 amide bonds. The Bertz CT molecular complexity index is 522. The van der Waals surface area contributed by atoms with Crippen molar-refractivity contribution >= 4 is 23.0 Å². The third-order valence-corrected chi connectivity index (χ3v) is 3.57. The maximum Gasteiger partial charge on any atom is 0.327 e. The van der Waals surface area contributed by atoms with E-state index in [-0.39, 0.29) is 12.0 Å². The summed E-state index contributed by atoms with van der Waals surface area (Å²) >= 11 is 1.65. The summed E-state index contributed by atoms with van der Waals surface area (Å²) in [6.07, 6.45) is 0. The van der Waals surface area contributed by atoms with Gasteiger partial charge in [0.15, 0.2) is 0 Å². The first-order chi connectivity index (χ1) is 8.70. The SMILES string of the molecule is COC(=O)C(C)Nc1csc(-c2ccccc2)c1. The summed E-state index contributed by atoms with van der Waals surface area (Å²) in [6, 6.07) is 11.9. The van der Waals surface area contributed by atoms with Crippen molar-refractivity contribution in [3.8, 4) is 10.4 Å². The zero-order valence-corrected chi connectivity index (χ0v) is 11.2. The van der Waals surface area contributed by atoms with Crippen LogP contribution in [0, 0.1) is 0 Å². The average molecular weight is 261 g/mol. The summed E-state index contributed by atoms with van der Waals surface area (Å²) in [4.78, 5) is 12.5. The Balaban J connectivity index is 2.09. The van der Waals surface area contributed by atoms with Crippen molar-refractivity contribution in [1.29, 1.82) is 0 Å². The molecule has 0 bridgehead atoms. The molecule has 1 atom stereocenters. The third kappa shape index (κ3) is 2.90. The van der Waals surface area contributed by atoms with Gasteiger partial charge >= 0.3 is 5.97 Å². The van der Waals surface area contributed by atoms with Crippen LogP contribution in [-0.4, -0.2) is 19.1 Å². The molecule has 0 saturated carbocycles. The second-order valence-electron chi connectivity index (χ2n) is 3.95. The van der Waals surface area contributed by atoms with E-state index in [1.54, 1.807) is 18.3 Å². The summed E-state index contributed by atoms with van der Waals surface area (Å²) in [5.41, 5.74) is 2.12. The second-order valence-corrected chi connectivity index (χ2v) is 4.87. The van der Waals surface area contributed by atoms with Gasteiger partial charge in [-0.25, -0.2) is 4.79 Å². The Morgan fingerprint density at radius 1 is 1.33 bits per heavy atom. The molecule has 18 heavy (non-hydrogen) atoms. The minimum atomic E-state index is -0.340. The van der Waals surface area contributed by atoms with Crippen LogP contribution in [0.2, 0.25) is 0 Å². The van der Waals surface area contributed by atoms with Crippen LogP contribution in [0.3, 0.4) is 0 Å². The molecule has 3 nitrogen and oxygen atoms in total. The van der Waals surface area contributed by atoms with E-state index in [0.29, 0.717) is 0 Å². The summed E-state index contributed by atoms with van der Waals surface area (Å²) in [7, 11) is 1.39. The molecule has 2 aromatic rings. The Labute approximate surface area is 110 Å². The Kier molecular flexibility index (Phi) is 3.99. The van der Waals surface area contributed by atoms with Crippen LogP contribution in [0.1, 0.15) is 6.92 Å². The molecule has 0 fully saturated rings. The molecule has 94 valence electrons. The monoisotopic (exact) mass is 261 g/mol. The average Bonchev–Trinajstić information content (AvgIpc) is 2.87. The number of carbonyl (C=O) groups is 1. The van der Waals surface area contributed by atoms with Gasteiger partial charge in [-0.2, -0.15) is 0 Å². The predicted octanol–water partition coefficient (Wildman–Crippen LogP) is 3.39. The number of ether oxygens (including phenoxy) is 1. The van der Waals surface area contributed by atoms with E-state index < -0.39 is 0 Å². The van der Waals surface area contributed by atoms with Crippen molar-refractivity contribution in [2.45, 2.75) is 13.0 Å². The van der Waals surface area contributed by atoms with Gasteiger partial charge in [0.1, 0.15) is 6.04 Å². The largest absolute Gasteiger partial charge is 0.467 e. The van der Waals surface area contributed by atoms with E-state index in [1.807, 2.05) is 29.6 Å². The molecule has 0 aliphatic carbocycles. The molecule has 0 aliphatic rings. The topological polar surface area (TPSA) is 38.3 Å². The number of esters is 1. The van der Waals surface area contributed by atoms with Crippen molar-refractivity contribution in [3.63, 3.8) is 0 Å². The van der Waals surface area contributed by atoms with E-state index in [9.17, 15) is 4.79 Å². The summed E-state index contributed by atoms with van der Waals surface area (Å²) < 4.78 is 4.68. The molecule has 1 unspecified atom stereocenters. The molecule has 0 aliphatic heterocycles. The van der Waals surface area contributed by atoms with Gasteiger partial charge in [0.25, 0.3) is 0 Å². The summed E-state index contributed by atoms with van der Waals surface area (Å²) in [5.74, 6) is -0.262. The van der Waals surface area contributed by atoms with Gasteiger partial charge in [0, 0.05) is 15.9 Å². The number of carbonyl (C=O) groups excluding carboxylic acids is 1. The normalized spacial score (nSPS) is 11.9. The van der Waals surface area contributed by atoms with Gasteiger partial charge < -0.3 is 10.1 Å². The van der Waals surface area contributed by atoms with Crippen molar-refractivity contribution in [2.24, 2.45) is 0 Å². The van der Waals surface area contributed by atoms with Gasteiger partial charge in [-0.1, -0.05) is 30.3 Å². The van der Waals surface area contributed by atoms with Crippen LogP contribution < -0.4 is 5.32 Å². The maximum absolute atomic E-state index is 11.3. The lowest BCUT2D eigenvalue weighted by molar-refractivity contribution is -0.141. The predicted molar refractivity (Wildman–Crippen MR) is 74.9 cm³/mol. The number of rotatable bonds is 4.